The number of nitrogens with zero attached hydrogens (tertiary/aromatic N) is 1. The minimum absolute atomic E-state index is 0. The monoisotopic (exact) mass is 1390 g/mol. The summed E-state index contributed by atoms with van der Waals surface area (Å²) in [5, 5.41) is 35.3. The number of esters is 1. The summed E-state index contributed by atoms with van der Waals surface area (Å²) < 4.78 is 107. The van der Waals surface area contributed by atoms with Gasteiger partial charge >= 0.3 is 24.8 Å². The molecule has 0 amide bonds. The van der Waals surface area contributed by atoms with Crippen LogP contribution in [0.3, 0.4) is 0 Å². The fourth-order valence-corrected chi connectivity index (χ4v) is 5.20. The zero-order valence-electron chi connectivity index (χ0n) is 42.9. The summed E-state index contributed by atoms with van der Waals surface area (Å²) in [6.45, 7) is 22.8. The first kappa shape index (κ1) is 90.2. The van der Waals surface area contributed by atoms with Crippen LogP contribution in [0.4, 0.5) is 26.3 Å². The van der Waals surface area contributed by atoms with E-state index in [9.17, 15) is 44.3 Å². The minimum Gasteiger partial charge on any atom is -0.464 e. The number of hydrogen-bond acceptors (Lipinski definition) is 9. The molecule has 0 aliphatic rings. The molecule has 0 spiro atoms. The van der Waals surface area contributed by atoms with Crippen LogP contribution < -0.4 is 24.0 Å². The average Bonchev–Trinajstić information content (AvgIpc) is 3.27. The normalized spacial score (nSPS) is 10.5. The van der Waals surface area contributed by atoms with E-state index in [1.54, 1.807) is 67.5 Å². The molecule has 0 radical (unpaired) electrons. The van der Waals surface area contributed by atoms with Crippen molar-refractivity contribution in [3.8, 4) is 0 Å². The van der Waals surface area contributed by atoms with Crippen LogP contribution in [0.1, 0.15) is 112 Å². The van der Waals surface area contributed by atoms with E-state index in [1.807, 2.05) is 43.4 Å². The van der Waals surface area contributed by atoms with Crippen LogP contribution >= 0.6 is 70.4 Å². The van der Waals surface area contributed by atoms with Crippen LogP contribution in [0.15, 0.2) is 72.4 Å². The van der Waals surface area contributed by atoms with Crippen LogP contribution in [-0.2, 0) is 53.2 Å². The number of Topliss-reactive ketones (excluding diaryl/α,β-unsaturated/α-hetero) is 1. The van der Waals surface area contributed by atoms with Gasteiger partial charge in [0.2, 0.25) is 0 Å². The smallest absolute Gasteiger partial charge is 0.464 e. The minimum atomic E-state index is -1.62. The van der Waals surface area contributed by atoms with Gasteiger partial charge in [-0.3, -0.25) is 9.93 Å². The van der Waals surface area contributed by atoms with Crippen molar-refractivity contribution < 1.29 is 110 Å². The van der Waals surface area contributed by atoms with Crippen LogP contribution in [0.2, 0.25) is 0 Å². The second-order valence-corrected chi connectivity index (χ2v) is 21.5. The number of carbonyl (C=O) groups is 2. The number of alkyl halides is 3. The number of ether oxygens (including phenoxy) is 1. The van der Waals surface area contributed by atoms with E-state index in [-0.39, 0.29) is 101 Å². The maximum absolute atomic E-state index is 13.6. The number of rotatable bonds is 8. The molecule has 0 aliphatic heterocycles. The topological polar surface area (TPSA) is 197 Å². The van der Waals surface area contributed by atoms with Crippen LogP contribution in [0, 0.1) is 27.9 Å². The molecule has 0 heterocycles. The molecule has 0 saturated heterocycles. The first-order chi connectivity index (χ1) is 31.9. The van der Waals surface area contributed by atoms with Crippen molar-refractivity contribution in [2.45, 2.75) is 105 Å². The van der Waals surface area contributed by atoms with Crippen molar-refractivity contribution in [1.29, 1.82) is 0 Å². The Kier molecular flexibility index (Phi) is 74.8. The molecular weight excluding hydrogens is 1320 g/mol. The zero-order valence-corrected chi connectivity index (χ0v) is 53.0. The molecule has 0 fully saturated rings. The first-order valence-corrected chi connectivity index (χ1v) is 26.5. The molecule has 71 heavy (non-hydrogen) atoms. The van der Waals surface area contributed by atoms with E-state index in [1.165, 1.54) is 42.8 Å². The van der Waals surface area contributed by atoms with Crippen molar-refractivity contribution in [2.75, 3.05) is 53.1 Å². The fraction of sp³-hybridized carbons (Fsp3) is 0.522. The number of unbranched alkanes of at least 4 members (excludes halogenated alkanes) is 1. The Hall–Kier alpha value is -0.368. The molecule has 408 valence electrons. The van der Waals surface area contributed by atoms with Crippen molar-refractivity contribution in [2.24, 2.45) is 9.54 Å². The van der Waals surface area contributed by atoms with Gasteiger partial charge in [-0.2, -0.15) is 10.8 Å². The standard InChI is InChI=1S/C12H14BrF2NOS.C8H5BrF2O.C6H3BrFI.C4H7FO2.C4H11NOS.C4H9.4C2H6O.Li.Ti/c1-12(2,3)18(17)16-11(7-14)9-6-8(13)4-5-10(9)15;9-5-1-2-7(11)6(3-5)8(12)4-10;7-4-1-2-5(8)6(9)3-4;1-2-7-4(6)3-5;1-4(2,3)7(5)6;1-3-4-2;4*1-2-3;;/h4-6H,7H2,1-3H3;1-3H,4H2;1-3H;2-3H2,1H3;5H2,1-3H3;1,3-4H2,2H3;4*3H,2H2,1H3;;/q;;;;;-1;;;;;+1;/t18-;;;;7-;;;;;;;/m1...1......./s1. The molecule has 3 aromatic rings. The molecule has 3 aromatic carbocycles. The zero-order chi connectivity index (χ0) is 55.9. The number of nitrogens with two attached hydrogens (primary N) is 1. The van der Waals surface area contributed by atoms with Gasteiger partial charge in [-0.25, -0.2) is 39.6 Å². The molecular formula is C46H73Br3F6ILiN2O9S2Ti. The summed E-state index contributed by atoms with van der Waals surface area (Å²) in [5.74, 6) is -3.07. The average molecular weight is 1400 g/mol. The Morgan fingerprint density at radius 3 is 1.24 bits per heavy atom. The molecule has 3 rings (SSSR count). The van der Waals surface area contributed by atoms with E-state index in [0.717, 1.165) is 17.0 Å². The van der Waals surface area contributed by atoms with E-state index in [4.69, 9.17) is 25.6 Å². The van der Waals surface area contributed by atoms with Gasteiger partial charge in [-0.05, 0) is 153 Å². The SMILES string of the molecule is CC(C)(C)[S@@](=O)N=C(CF)c1cc(Br)ccc1F.CC(C)(C)[S@](N)=O.CCO.CCO.CCO.CCO.CCOC(=O)CF.Fc1ccc(Br)cc1I.O=C(CF)c1cc(Br)ccc1F.[CH2-]CCC.[Li+].[Ti]. The third-order valence-corrected chi connectivity index (χ3v) is 10.6. The van der Waals surface area contributed by atoms with Crippen molar-refractivity contribution in [3.05, 3.63) is 107 Å². The first-order valence-electron chi connectivity index (χ1n) is 20.7. The van der Waals surface area contributed by atoms with Gasteiger partial charge in [0.15, 0.2) is 19.1 Å². The number of aliphatic hydroxyl groups excluding tert-OH is 4. The third-order valence-electron chi connectivity index (χ3n) is 5.69. The number of benzene rings is 3. The Labute approximate surface area is 490 Å². The van der Waals surface area contributed by atoms with Crippen LogP contribution in [0.5, 0.6) is 0 Å². The molecule has 0 saturated carbocycles. The van der Waals surface area contributed by atoms with Gasteiger partial charge in [0, 0.05) is 70.7 Å². The fourth-order valence-electron chi connectivity index (χ4n) is 2.55. The molecule has 0 aliphatic carbocycles. The summed E-state index contributed by atoms with van der Waals surface area (Å²) in [7, 11) is -2.80. The van der Waals surface area contributed by atoms with Gasteiger partial charge in [-0.1, -0.05) is 61.1 Å². The second-order valence-electron chi connectivity index (χ2n) is 13.9. The molecule has 0 unspecified atom stereocenters. The Morgan fingerprint density at radius 2 is 1.00 bits per heavy atom. The third kappa shape index (κ3) is 60.4. The summed E-state index contributed by atoms with van der Waals surface area (Å²) in [6, 6.07) is 12.8. The van der Waals surface area contributed by atoms with Gasteiger partial charge < -0.3 is 32.1 Å². The molecule has 0 bridgehead atoms. The number of carbonyl (C=O) groups excluding carboxylic acids is 2. The van der Waals surface area contributed by atoms with E-state index < -0.39 is 70.1 Å². The summed E-state index contributed by atoms with van der Waals surface area (Å²) in [5.41, 5.74) is -0.321. The largest absolute Gasteiger partial charge is 1.00 e. The van der Waals surface area contributed by atoms with E-state index >= 15 is 0 Å². The quantitative estimate of drug-likeness (QED) is 0.0213. The summed E-state index contributed by atoms with van der Waals surface area (Å²) >= 11 is 11.4. The van der Waals surface area contributed by atoms with Crippen molar-refractivity contribution >= 4 is 110 Å². The number of ketones is 1. The number of halogens is 10. The van der Waals surface area contributed by atoms with Gasteiger partial charge in [0.1, 0.15) is 35.1 Å². The van der Waals surface area contributed by atoms with Gasteiger partial charge in [0.25, 0.3) is 0 Å². The van der Waals surface area contributed by atoms with Gasteiger partial charge in [-0.15, -0.1) is 0 Å². The molecule has 25 heteroatoms. The molecule has 2 atom stereocenters. The van der Waals surface area contributed by atoms with Crippen molar-refractivity contribution in [3.63, 3.8) is 0 Å². The summed E-state index contributed by atoms with van der Waals surface area (Å²) in [4.78, 5) is 20.6. The molecule has 11 nitrogen and oxygen atoms in total. The Morgan fingerprint density at radius 1 is 0.676 bits per heavy atom. The molecule has 6 N–H and O–H groups in total. The maximum Gasteiger partial charge on any atom is 1.00 e. The van der Waals surface area contributed by atoms with E-state index in [0.29, 0.717) is 12.5 Å². The molecule has 0 aromatic heterocycles. The van der Waals surface area contributed by atoms with E-state index in [2.05, 4.69) is 70.8 Å². The second kappa shape index (κ2) is 58.9. The Bertz CT molecular complexity index is 1840. The van der Waals surface area contributed by atoms with Crippen molar-refractivity contribution in [1.82, 2.24) is 0 Å². The Balaban J connectivity index is -0.0000000919. The maximum atomic E-state index is 13.6. The van der Waals surface area contributed by atoms with Crippen LogP contribution in [-0.4, -0.2) is 109 Å². The predicted octanol–water partition coefficient (Wildman–Crippen LogP) is 9.28. The summed E-state index contributed by atoms with van der Waals surface area (Å²) in [6.07, 6.45) is 2.28. The predicted molar refractivity (Wildman–Crippen MR) is 292 cm³/mol. The number of hydrogen-bond donors (Lipinski definition) is 5. The van der Waals surface area contributed by atoms with Crippen LogP contribution in [0.25, 0.3) is 0 Å². The van der Waals surface area contributed by atoms with Gasteiger partial charge in [0.05, 0.1) is 38.4 Å². The number of aliphatic hydroxyl groups is 4.